The van der Waals surface area contributed by atoms with Crippen LogP contribution in [0.5, 0.6) is 0 Å². The van der Waals surface area contributed by atoms with Gasteiger partial charge in [0, 0.05) is 19.3 Å². The van der Waals surface area contributed by atoms with Crippen LogP contribution in [0.25, 0.3) is 0 Å². The summed E-state index contributed by atoms with van der Waals surface area (Å²) in [6, 6.07) is 1.51. The molecule has 2 unspecified atom stereocenters. The number of pyridine rings is 1. The van der Waals surface area contributed by atoms with Crippen molar-refractivity contribution < 1.29 is 4.39 Å². The summed E-state index contributed by atoms with van der Waals surface area (Å²) in [5, 5.41) is 17.7. The van der Waals surface area contributed by atoms with Crippen LogP contribution in [0.3, 0.4) is 0 Å². The molecule has 8 heteroatoms. The fourth-order valence-corrected chi connectivity index (χ4v) is 4.22. The molecule has 0 aliphatic carbocycles. The highest BCUT2D eigenvalue weighted by Gasteiger charge is 2.29. The Morgan fingerprint density at radius 1 is 1.34 bits per heavy atom. The maximum Gasteiger partial charge on any atom is 0.209 e. The van der Waals surface area contributed by atoms with Crippen molar-refractivity contribution in [1.29, 1.82) is 5.26 Å². The van der Waals surface area contributed by atoms with E-state index in [0.29, 0.717) is 12.7 Å². The van der Waals surface area contributed by atoms with E-state index in [-0.39, 0.29) is 11.6 Å². The SMILES string of the molecule is N#CNC(=NCCCCCCC1CCN(C2CCCN2)C1)Nc1ccncc1F. The van der Waals surface area contributed by atoms with Gasteiger partial charge in [0.15, 0.2) is 12.0 Å². The van der Waals surface area contributed by atoms with Gasteiger partial charge in [-0.05, 0) is 57.2 Å². The number of nitriles is 1. The average Bonchev–Trinajstić information content (AvgIpc) is 3.41. The number of nitrogens with one attached hydrogen (secondary N) is 3. The number of nitrogens with zero attached hydrogens (tertiary/aromatic N) is 4. The summed E-state index contributed by atoms with van der Waals surface area (Å²) < 4.78 is 13.7. The fourth-order valence-electron chi connectivity index (χ4n) is 4.22. The molecule has 2 atom stereocenters. The van der Waals surface area contributed by atoms with Crippen LogP contribution in [0.1, 0.15) is 51.4 Å². The number of rotatable bonds is 9. The second kappa shape index (κ2) is 11.7. The molecule has 0 aromatic carbocycles. The van der Waals surface area contributed by atoms with Gasteiger partial charge in [0.05, 0.1) is 18.1 Å². The Balaban J connectivity index is 1.28. The molecular formula is C21H32FN7. The molecule has 0 bridgehead atoms. The molecule has 3 N–H and O–H groups in total. The number of hydrogen-bond acceptors (Lipinski definition) is 5. The smallest absolute Gasteiger partial charge is 0.209 e. The highest BCUT2D eigenvalue weighted by Crippen LogP contribution is 2.25. The summed E-state index contributed by atoms with van der Waals surface area (Å²) in [4.78, 5) is 10.7. The van der Waals surface area contributed by atoms with Crippen molar-refractivity contribution in [1.82, 2.24) is 20.5 Å². The van der Waals surface area contributed by atoms with Crippen LogP contribution in [0, 0.1) is 23.2 Å². The maximum atomic E-state index is 13.7. The molecule has 0 spiro atoms. The van der Waals surface area contributed by atoms with Crippen molar-refractivity contribution in [2.24, 2.45) is 10.9 Å². The predicted octanol–water partition coefficient (Wildman–Crippen LogP) is 3.04. The van der Waals surface area contributed by atoms with Gasteiger partial charge in [-0.2, -0.15) is 5.26 Å². The van der Waals surface area contributed by atoms with Crippen LogP contribution in [0.15, 0.2) is 23.5 Å². The van der Waals surface area contributed by atoms with Gasteiger partial charge in [-0.1, -0.05) is 19.3 Å². The van der Waals surface area contributed by atoms with Crippen LogP contribution in [0.2, 0.25) is 0 Å². The number of aromatic nitrogens is 1. The molecular weight excluding hydrogens is 369 g/mol. The zero-order valence-corrected chi connectivity index (χ0v) is 17.0. The molecule has 0 saturated carbocycles. The lowest BCUT2D eigenvalue weighted by molar-refractivity contribution is 0.215. The van der Waals surface area contributed by atoms with Gasteiger partial charge in [-0.15, -0.1) is 0 Å². The third-order valence-corrected chi connectivity index (χ3v) is 5.78. The van der Waals surface area contributed by atoms with Crippen LogP contribution >= 0.6 is 0 Å². The molecule has 0 amide bonds. The summed E-state index contributed by atoms with van der Waals surface area (Å²) in [6.45, 7) is 4.28. The molecule has 2 aliphatic heterocycles. The maximum absolute atomic E-state index is 13.7. The zero-order chi connectivity index (χ0) is 20.3. The van der Waals surface area contributed by atoms with E-state index in [4.69, 9.17) is 5.26 Å². The third-order valence-electron chi connectivity index (χ3n) is 5.78. The van der Waals surface area contributed by atoms with E-state index in [1.54, 1.807) is 0 Å². The Labute approximate surface area is 172 Å². The zero-order valence-electron chi connectivity index (χ0n) is 17.0. The number of guanidine groups is 1. The average molecular weight is 402 g/mol. The van der Waals surface area contributed by atoms with Crippen LogP contribution in [-0.2, 0) is 0 Å². The Morgan fingerprint density at radius 3 is 3.03 bits per heavy atom. The van der Waals surface area contributed by atoms with Crippen LogP contribution < -0.4 is 16.0 Å². The number of aliphatic imine (C=N–C) groups is 1. The standard InChI is InChI=1S/C21H32FN7/c22-18-14-24-12-8-19(18)28-21(27-16-23)26-10-4-2-1-3-6-17-9-13-29(15-17)20-7-5-11-25-20/h8,12,14,17,20,25H,1-7,9-11,13,15H2,(H2,24,26,27,28). The highest BCUT2D eigenvalue weighted by molar-refractivity contribution is 5.94. The Bertz CT molecular complexity index is 697. The quantitative estimate of drug-likeness (QED) is 0.194. The largest absolute Gasteiger partial charge is 0.323 e. The van der Waals surface area contributed by atoms with E-state index in [9.17, 15) is 4.39 Å². The summed E-state index contributed by atoms with van der Waals surface area (Å²) in [6.07, 6.45) is 14.9. The lowest BCUT2D eigenvalue weighted by Crippen LogP contribution is -2.40. The van der Waals surface area contributed by atoms with E-state index in [1.807, 2.05) is 6.19 Å². The van der Waals surface area contributed by atoms with Crippen molar-refractivity contribution in [2.75, 3.05) is 31.5 Å². The molecule has 29 heavy (non-hydrogen) atoms. The Hall–Kier alpha value is -2.24. The van der Waals surface area contributed by atoms with E-state index in [0.717, 1.165) is 25.0 Å². The van der Waals surface area contributed by atoms with Crippen LogP contribution in [0.4, 0.5) is 10.1 Å². The minimum absolute atomic E-state index is 0.250. The Morgan fingerprint density at radius 2 is 2.24 bits per heavy atom. The van der Waals surface area contributed by atoms with Crippen molar-refractivity contribution in [3.8, 4) is 6.19 Å². The lowest BCUT2D eigenvalue weighted by atomic mass is 10.00. The Kier molecular flexibility index (Phi) is 8.65. The minimum Gasteiger partial charge on any atom is -0.323 e. The van der Waals surface area contributed by atoms with Gasteiger partial charge in [0.1, 0.15) is 0 Å². The molecule has 3 heterocycles. The van der Waals surface area contributed by atoms with E-state index >= 15 is 0 Å². The second-order valence-electron chi connectivity index (χ2n) is 7.91. The van der Waals surface area contributed by atoms with Crippen LogP contribution in [-0.4, -0.2) is 48.2 Å². The second-order valence-corrected chi connectivity index (χ2v) is 7.91. The summed E-state index contributed by atoms with van der Waals surface area (Å²) in [5.41, 5.74) is 0.250. The van der Waals surface area contributed by atoms with Crippen molar-refractivity contribution in [3.05, 3.63) is 24.3 Å². The predicted molar refractivity (Wildman–Crippen MR) is 113 cm³/mol. The van der Waals surface area contributed by atoms with Gasteiger partial charge in [0.25, 0.3) is 0 Å². The topological polar surface area (TPSA) is 88.4 Å². The highest BCUT2D eigenvalue weighted by atomic mass is 19.1. The minimum atomic E-state index is -0.478. The lowest BCUT2D eigenvalue weighted by Gasteiger charge is -2.23. The van der Waals surface area contributed by atoms with Crippen molar-refractivity contribution >= 4 is 11.6 Å². The third kappa shape index (κ3) is 6.94. The molecule has 1 aromatic rings. The molecule has 2 fully saturated rings. The number of hydrogen-bond donors (Lipinski definition) is 3. The molecule has 1 aromatic heterocycles. The van der Waals surface area contributed by atoms with E-state index in [1.165, 1.54) is 70.4 Å². The first-order chi connectivity index (χ1) is 14.3. The van der Waals surface area contributed by atoms with Gasteiger partial charge < -0.3 is 10.6 Å². The molecule has 7 nitrogen and oxygen atoms in total. The molecule has 158 valence electrons. The van der Waals surface area contributed by atoms with Gasteiger partial charge in [0.2, 0.25) is 5.96 Å². The first-order valence-corrected chi connectivity index (χ1v) is 10.8. The number of anilines is 1. The van der Waals surface area contributed by atoms with Crippen molar-refractivity contribution in [2.45, 2.75) is 57.5 Å². The monoisotopic (exact) mass is 401 g/mol. The molecule has 2 aliphatic rings. The van der Waals surface area contributed by atoms with Gasteiger partial charge >= 0.3 is 0 Å². The summed E-state index contributed by atoms with van der Waals surface area (Å²) in [5.74, 6) is 0.639. The number of likely N-dealkylation sites (tertiary alicyclic amines) is 1. The van der Waals surface area contributed by atoms with E-state index in [2.05, 4.69) is 30.8 Å². The van der Waals surface area contributed by atoms with Crippen molar-refractivity contribution in [3.63, 3.8) is 0 Å². The van der Waals surface area contributed by atoms with Gasteiger partial charge in [-0.3, -0.25) is 20.2 Å². The first kappa shape index (κ1) is 21.5. The summed E-state index contributed by atoms with van der Waals surface area (Å²) in [7, 11) is 0. The summed E-state index contributed by atoms with van der Waals surface area (Å²) >= 11 is 0. The first-order valence-electron chi connectivity index (χ1n) is 10.8. The van der Waals surface area contributed by atoms with Gasteiger partial charge in [-0.25, -0.2) is 4.39 Å². The fraction of sp³-hybridized carbons (Fsp3) is 0.667. The van der Waals surface area contributed by atoms with E-state index < -0.39 is 5.82 Å². The molecule has 0 radical (unpaired) electrons. The molecule has 2 saturated heterocycles. The number of halogens is 1. The molecule has 3 rings (SSSR count). The number of unbranched alkanes of at least 4 members (excludes halogenated alkanes) is 3. The normalized spacial score (nSPS) is 22.6.